The van der Waals surface area contributed by atoms with Crippen LogP contribution in [0.4, 0.5) is 10.2 Å². The fraction of sp³-hybridized carbons (Fsp3) is 0. The molecular weight excluding hydrogens is 357 g/mol. The molecule has 0 fully saturated rings. The average Bonchev–Trinajstić information content (AvgIpc) is 2.21. The van der Waals surface area contributed by atoms with Crippen molar-refractivity contribution < 1.29 is 9.13 Å². The summed E-state index contributed by atoms with van der Waals surface area (Å²) in [5, 5.41) is 0. The highest BCUT2D eigenvalue weighted by molar-refractivity contribution is 9.10. The van der Waals surface area contributed by atoms with Crippen LogP contribution in [-0.2, 0) is 0 Å². The highest BCUT2D eigenvalue weighted by atomic mass is 79.9. The molecule has 0 bridgehead atoms. The SMILES string of the molecule is Nc1cc(Br)nc(Oc2ccc(Br)cc2F)n1. The van der Waals surface area contributed by atoms with Crippen molar-refractivity contribution in [3.05, 3.63) is 39.2 Å². The van der Waals surface area contributed by atoms with Gasteiger partial charge in [-0.1, -0.05) is 15.9 Å². The predicted octanol–water partition coefficient (Wildman–Crippen LogP) is 3.52. The second-order valence-corrected chi connectivity index (χ2v) is 4.80. The van der Waals surface area contributed by atoms with Crippen molar-refractivity contribution in [3.63, 3.8) is 0 Å². The second kappa shape index (κ2) is 4.97. The number of halogens is 3. The fourth-order valence-corrected chi connectivity index (χ4v) is 1.83. The monoisotopic (exact) mass is 361 g/mol. The van der Waals surface area contributed by atoms with Crippen molar-refractivity contribution in [1.29, 1.82) is 0 Å². The zero-order valence-corrected chi connectivity index (χ0v) is 11.5. The number of hydrogen-bond acceptors (Lipinski definition) is 4. The molecule has 0 saturated carbocycles. The van der Waals surface area contributed by atoms with Crippen LogP contribution in [0.2, 0.25) is 0 Å². The lowest BCUT2D eigenvalue weighted by Crippen LogP contribution is -1.98. The van der Waals surface area contributed by atoms with Crippen LogP contribution in [0, 0.1) is 5.82 Å². The lowest BCUT2D eigenvalue weighted by atomic mass is 10.3. The van der Waals surface area contributed by atoms with Gasteiger partial charge >= 0.3 is 6.01 Å². The Balaban J connectivity index is 2.31. The summed E-state index contributed by atoms with van der Waals surface area (Å²) in [6.07, 6.45) is 0. The van der Waals surface area contributed by atoms with Crippen molar-refractivity contribution in [2.24, 2.45) is 0 Å². The molecule has 0 saturated heterocycles. The van der Waals surface area contributed by atoms with E-state index in [1.165, 1.54) is 18.2 Å². The maximum Gasteiger partial charge on any atom is 0.325 e. The molecular formula is C10H6Br2FN3O. The average molecular weight is 363 g/mol. The Hall–Kier alpha value is -1.21. The lowest BCUT2D eigenvalue weighted by Gasteiger charge is -2.05. The van der Waals surface area contributed by atoms with Crippen molar-refractivity contribution in [1.82, 2.24) is 9.97 Å². The summed E-state index contributed by atoms with van der Waals surface area (Å²) in [7, 11) is 0. The minimum absolute atomic E-state index is 0.0157. The van der Waals surface area contributed by atoms with Crippen LogP contribution < -0.4 is 10.5 Å². The summed E-state index contributed by atoms with van der Waals surface area (Å²) in [5.41, 5.74) is 5.51. The van der Waals surface area contributed by atoms with E-state index in [2.05, 4.69) is 41.8 Å². The second-order valence-electron chi connectivity index (χ2n) is 3.07. The molecule has 17 heavy (non-hydrogen) atoms. The molecule has 1 heterocycles. The van der Waals surface area contributed by atoms with E-state index in [9.17, 15) is 4.39 Å². The number of rotatable bonds is 2. The van der Waals surface area contributed by atoms with Crippen molar-refractivity contribution in [2.75, 3.05) is 5.73 Å². The molecule has 1 aromatic carbocycles. The molecule has 2 aromatic rings. The van der Waals surface area contributed by atoms with E-state index >= 15 is 0 Å². The fourth-order valence-electron chi connectivity index (χ4n) is 1.12. The number of aromatic nitrogens is 2. The highest BCUT2D eigenvalue weighted by Crippen LogP contribution is 2.26. The smallest absolute Gasteiger partial charge is 0.325 e. The van der Waals surface area contributed by atoms with E-state index in [0.29, 0.717) is 9.08 Å². The van der Waals surface area contributed by atoms with Gasteiger partial charge in [-0.2, -0.15) is 9.97 Å². The first kappa shape index (κ1) is 12.3. The van der Waals surface area contributed by atoms with Gasteiger partial charge in [-0.05, 0) is 34.1 Å². The molecule has 7 heteroatoms. The zero-order chi connectivity index (χ0) is 12.4. The van der Waals surface area contributed by atoms with Gasteiger partial charge in [-0.3, -0.25) is 0 Å². The molecule has 0 aliphatic rings. The van der Waals surface area contributed by atoms with E-state index < -0.39 is 5.82 Å². The first-order valence-electron chi connectivity index (χ1n) is 4.47. The predicted molar refractivity (Wildman–Crippen MR) is 68.3 cm³/mol. The van der Waals surface area contributed by atoms with Crippen LogP contribution in [0.15, 0.2) is 33.3 Å². The molecule has 0 aliphatic carbocycles. The third-order valence-electron chi connectivity index (χ3n) is 1.79. The van der Waals surface area contributed by atoms with E-state index in [-0.39, 0.29) is 17.6 Å². The van der Waals surface area contributed by atoms with Crippen molar-refractivity contribution in [2.45, 2.75) is 0 Å². The number of hydrogen-bond donors (Lipinski definition) is 1. The van der Waals surface area contributed by atoms with Crippen LogP contribution in [0.1, 0.15) is 0 Å². The maximum atomic E-state index is 13.5. The van der Waals surface area contributed by atoms with Crippen LogP contribution in [0.25, 0.3) is 0 Å². The molecule has 0 radical (unpaired) electrons. The summed E-state index contributed by atoms with van der Waals surface area (Å²) in [6.45, 7) is 0. The van der Waals surface area contributed by atoms with E-state index in [0.717, 1.165) is 0 Å². The summed E-state index contributed by atoms with van der Waals surface area (Å²) in [5.74, 6) is -0.244. The summed E-state index contributed by atoms with van der Waals surface area (Å²) >= 11 is 6.29. The molecule has 1 aromatic heterocycles. The Labute approximate surface area is 113 Å². The molecule has 2 rings (SSSR count). The number of nitrogens with zero attached hydrogens (tertiary/aromatic N) is 2. The van der Waals surface area contributed by atoms with E-state index in [1.807, 2.05) is 0 Å². The van der Waals surface area contributed by atoms with E-state index in [1.54, 1.807) is 6.07 Å². The van der Waals surface area contributed by atoms with Gasteiger partial charge in [-0.15, -0.1) is 0 Å². The van der Waals surface area contributed by atoms with Gasteiger partial charge in [0.1, 0.15) is 10.4 Å². The molecule has 0 aliphatic heterocycles. The third kappa shape index (κ3) is 3.13. The van der Waals surface area contributed by atoms with Gasteiger partial charge in [0.25, 0.3) is 0 Å². The summed E-state index contributed by atoms with van der Waals surface area (Å²) in [4.78, 5) is 7.75. The Morgan fingerprint density at radius 3 is 2.59 bits per heavy atom. The third-order valence-corrected chi connectivity index (χ3v) is 2.69. The number of anilines is 1. The van der Waals surface area contributed by atoms with Crippen LogP contribution in [0.3, 0.4) is 0 Å². The first-order valence-corrected chi connectivity index (χ1v) is 6.06. The Morgan fingerprint density at radius 1 is 1.18 bits per heavy atom. The van der Waals surface area contributed by atoms with Crippen molar-refractivity contribution >= 4 is 37.7 Å². The zero-order valence-electron chi connectivity index (χ0n) is 8.32. The molecule has 0 atom stereocenters. The van der Waals surface area contributed by atoms with Crippen molar-refractivity contribution in [3.8, 4) is 11.8 Å². The number of nitrogen functional groups attached to an aromatic ring is 1. The Kier molecular flexibility index (Phi) is 3.58. The standard InChI is InChI=1S/C10H6Br2FN3O/c11-5-1-2-7(6(13)3-5)17-10-15-8(12)4-9(14)16-10/h1-4H,(H2,14,15,16). The number of ether oxygens (including phenoxy) is 1. The van der Waals surface area contributed by atoms with Gasteiger partial charge in [0, 0.05) is 10.5 Å². The van der Waals surface area contributed by atoms with Gasteiger partial charge in [-0.25, -0.2) is 4.39 Å². The van der Waals surface area contributed by atoms with Gasteiger partial charge in [0.15, 0.2) is 11.6 Å². The number of nitrogens with two attached hydrogens (primary N) is 1. The van der Waals surface area contributed by atoms with E-state index in [4.69, 9.17) is 10.5 Å². The van der Waals surface area contributed by atoms with Crippen LogP contribution in [0.5, 0.6) is 11.8 Å². The first-order chi connectivity index (χ1) is 8.04. The summed E-state index contributed by atoms with van der Waals surface area (Å²) < 4.78 is 19.8. The molecule has 0 unspecified atom stereocenters. The highest BCUT2D eigenvalue weighted by Gasteiger charge is 2.08. The molecule has 0 spiro atoms. The largest absolute Gasteiger partial charge is 0.421 e. The molecule has 2 N–H and O–H groups in total. The number of benzene rings is 1. The summed E-state index contributed by atoms with van der Waals surface area (Å²) in [6, 6.07) is 5.92. The van der Waals surface area contributed by atoms with Gasteiger partial charge < -0.3 is 10.5 Å². The Morgan fingerprint density at radius 2 is 1.94 bits per heavy atom. The lowest BCUT2D eigenvalue weighted by molar-refractivity contribution is 0.410. The van der Waals surface area contributed by atoms with Crippen LogP contribution in [-0.4, -0.2) is 9.97 Å². The van der Waals surface area contributed by atoms with Crippen LogP contribution >= 0.6 is 31.9 Å². The molecule has 88 valence electrons. The molecule has 4 nitrogen and oxygen atoms in total. The minimum atomic E-state index is -0.512. The van der Waals surface area contributed by atoms with Gasteiger partial charge in [0.2, 0.25) is 0 Å². The topological polar surface area (TPSA) is 61.0 Å². The maximum absolute atomic E-state index is 13.5. The quantitative estimate of drug-likeness (QED) is 0.830. The Bertz CT molecular complexity index is 545. The normalized spacial score (nSPS) is 10.3. The van der Waals surface area contributed by atoms with Gasteiger partial charge in [0.05, 0.1) is 0 Å². The minimum Gasteiger partial charge on any atom is -0.421 e. The molecule has 0 amide bonds.